The Kier molecular flexibility index (Phi) is 5.36. The van der Waals surface area contributed by atoms with Crippen LogP contribution in [-0.4, -0.2) is 44.6 Å². The highest BCUT2D eigenvalue weighted by molar-refractivity contribution is 7.88. The number of hydrogen-bond donors (Lipinski definition) is 1. The monoisotopic (exact) mass is 438 g/mol. The van der Waals surface area contributed by atoms with Crippen molar-refractivity contribution in [1.29, 1.82) is 0 Å². The zero-order chi connectivity index (χ0) is 21.6. The van der Waals surface area contributed by atoms with Crippen molar-refractivity contribution < 1.29 is 26.4 Å². The molecule has 0 spiro atoms. The van der Waals surface area contributed by atoms with E-state index in [9.17, 15) is 26.4 Å². The van der Waals surface area contributed by atoms with Crippen molar-refractivity contribution in [2.75, 3.05) is 19.3 Å². The summed E-state index contributed by atoms with van der Waals surface area (Å²) in [6, 6.07) is 7.78. The summed E-state index contributed by atoms with van der Waals surface area (Å²) >= 11 is 0. The fourth-order valence-electron chi connectivity index (χ4n) is 4.06. The molecule has 1 amide bonds. The third-order valence-corrected chi connectivity index (χ3v) is 6.44. The SMILES string of the molecule is CS(=O)(=O)NC[C@@H]1CCN1C(=O)[C@@H]1C[C@H]1c1ccccc1-c1c(F)cc(F)cc1F. The van der Waals surface area contributed by atoms with Gasteiger partial charge in [-0.05, 0) is 29.9 Å². The molecule has 160 valence electrons. The van der Waals surface area contributed by atoms with Crippen LogP contribution in [0.5, 0.6) is 0 Å². The van der Waals surface area contributed by atoms with Crippen LogP contribution in [0.1, 0.15) is 24.3 Å². The average molecular weight is 438 g/mol. The van der Waals surface area contributed by atoms with Crippen molar-refractivity contribution >= 4 is 15.9 Å². The van der Waals surface area contributed by atoms with E-state index in [-0.39, 0.29) is 35.9 Å². The third kappa shape index (κ3) is 4.09. The smallest absolute Gasteiger partial charge is 0.226 e. The first-order valence-electron chi connectivity index (χ1n) is 9.64. The zero-order valence-corrected chi connectivity index (χ0v) is 17.1. The lowest BCUT2D eigenvalue weighted by Crippen LogP contribution is -2.56. The van der Waals surface area contributed by atoms with Gasteiger partial charge in [0.2, 0.25) is 15.9 Å². The Morgan fingerprint density at radius 2 is 1.83 bits per heavy atom. The van der Waals surface area contributed by atoms with Gasteiger partial charge >= 0.3 is 0 Å². The van der Waals surface area contributed by atoms with E-state index in [0.29, 0.717) is 42.6 Å². The van der Waals surface area contributed by atoms with Crippen LogP contribution in [0.25, 0.3) is 11.1 Å². The topological polar surface area (TPSA) is 66.5 Å². The van der Waals surface area contributed by atoms with Crippen molar-refractivity contribution in [2.45, 2.75) is 24.8 Å². The first kappa shape index (κ1) is 20.9. The molecule has 2 aromatic rings. The Morgan fingerprint density at radius 1 is 1.17 bits per heavy atom. The number of amides is 1. The van der Waals surface area contributed by atoms with Gasteiger partial charge in [-0.15, -0.1) is 0 Å². The molecule has 2 fully saturated rings. The van der Waals surface area contributed by atoms with Crippen LogP contribution >= 0.6 is 0 Å². The molecule has 1 saturated carbocycles. The first-order valence-corrected chi connectivity index (χ1v) is 11.5. The molecule has 4 rings (SSSR count). The van der Waals surface area contributed by atoms with Crippen molar-refractivity contribution in [1.82, 2.24) is 9.62 Å². The molecule has 1 saturated heterocycles. The van der Waals surface area contributed by atoms with Gasteiger partial charge in [0.1, 0.15) is 17.5 Å². The van der Waals surface area contributed by atoms with Gasteiger partial charge in [-0.3, -0.25) is 4.79 Å². The molecular weight excluding hydrogens is 417 g/mol. The lowest BCUT2D eigenvalue weighted by Gasteiger charge is -2.41. The van der Waals surface area contributed by atoms with E-state index >= 15 is 0 Å². The van der Waals surface area contributed by atoms with Gasteiger partial charge in [0.05, 0.1) is 11.8 Å². The fourth-order valence-corrected chi connectivity index (χ4v) is 4.56. The molecule has 0 bridgehead atoms. The first-order chi connectivity index (χ1) is 14.2. The molecule has 0 radical (unpaired) electrons. The Hall–Kier alpha value is -2.39. The summed E-state index contributed by atoms with van der Waals surface area (Å²) in [7, 11) is -3.34. The van der Waals surface area contributed by atoms with Gasteiger partial charge in [-0.2, -0.15) is 0 Å². The standard InChI is InChI=1S/C21H21F3N2O3S/c1-30(28,29)25-11-13-6-7-26(13)21(27)17-10-16(17)14-4-2-3-5-15(14)20-18(23)8-12(22)9-19(20)24/h2-5,8-9,13,16-17,25H,6-7,10-11H2,1H3/t13-,16-,17+/m0/s1. The molecule has 0 aromatic heterocycles. The largest absolute Gasteiger partial charge is 0.338 e. The average Bonchev–Trinajstić information content (AvgIpc) is 3.40. The van der Waals surface area contributed by atoms with Crippen molar-refractivity contribution in [3.05, 3.63) is 59.4 Å². The Bertz CT molecular complexity index is 1080. The summed E-state index contributed by atoms with van der Waals surface area (Å²) in [5, 5.41) is 0. The fraction of sp³-hybridized carbons (Fsp3) is 0.381. The predicted molar refractivity (Wildman–Crippen MR) is 106 cm³/mol. The van der Waals surface area contributed by atoms with Crippen molar-refractivity contribution in [2.24, 2.45) is 5.92 Å². The summed E-state index contributed by atoms with van der Waals surface area (Å²) in [6.45, 7) is 0.728. The molecule has 0 unspecified atom stereocenters. The predicted octanol–water partition coefficient (Wildman–Crippen LogP) is 3.02. The summed E-state index contributed by atoms with van der Waals surface area (Å²) < 4.78 is 66.9. The highest BCUT2D eigenvalue weighted by atomic mass is 32.2. The number of benzene rings is 2. The Morgan fingerprint density at radius 3 is 2.43 bits per heavy atom. The maximum Gasteiger partial charge on any atom is 0.226 e. The van der Waals surface area contributed by atoms with E-state index < -0.39 is 27.5 Å². The second kappa shape index (κ2) is 7.70. The number of hydrogen-bond acceptors (Lipinski definition) is 3. The lowest BCUT2D eigenvalue weighted by atomic mass is 9.94. The minimum absolute atomic E-state index is 0.0820. The summed E-state index contributed by atoms with van der Waals surface area (Å²) in [4.78, 5) is 14.5. The highest BCUT2D eigenvalue weighted by Crippen LogP contribution is 2.52. The van der Waals surface area contributed by atoms with Crippen LogP contribution in [0, 0.1) is 23.4 Å². The Labute approximate surface area is 172 Å². The molecule has 3 atom stereocenters. The number of nitrogens with zero attached hydrogens (tertiary/aromatic N) is 1. The van der Waals surface area contributed by atoms with E-state index in [1.807, 2.05) is 0 Å². The van der Waals surface area contributed by atoms with E-state index in [0.717, 1.165) is 6.26 Å². The highest BCUT2D eigenvalue weighted by Gasteiger charge is 2.49. The van der Waals surface area contributed by atoms with Crippen molar-refractivity contribution in [3.8, 4) is 11.1 Å². The second-order valence-corrected chi connectivity index (χ2v) is 9.71. The lowest BCUT2D eigenvalue weighted by molar-refractivity contribution is -0.140. The van der Waals surface area contributed by atoms with Crippen LogP contribution in [-0.2, 0) is 14.8 Å². The molecule has 1 aliphatic heterocycles. The maximum atomic E-state index is 14.3. The number of nitrogens with one attached hydrogen (secondary N) is 1. The summed E-state index contributed by atoms with van der Waals surface area (Å²) in [5.41, 5.74) is 0.655. The van der Waals surface area contributed by atoms with Gasteiger partial charge in [0.25, 0.3) is 0 Å². The van der Waals surface area contributed by atoms with Crippen LogP contribution in [0.3, 0.4) is 0 Å². The van der Waals surface area contributed by atoms with E-state index in [1.54, 1.807) is 29.2 Å². The second-order valence-electron chi connectivity index (χ2n) is 7.88. The number of sulfonamides is 1. The van der Waals surface area contributed by atoms with Crippen LogP contribution in [0.15, 0.2) is 36.4 Å². The molecule has 2 aliphatic rings. The molecule has 5 nitrogen and oxygen atoms in total. The zero-order valence-electron chi connectivity index (χ0n) is 16.2. The molecular formula is C21H21F3N2O3S. The molecule has 2 aromatic carbocycles. The van der Waals surface area contributed by atoms with Crippen LogP contribution in [0.4, 0.5) is 13.2 Å². The van der Waals surface area contributed by atoms with Gasteiger partial charge in [-0.25, -0.2) is 26.3 Å². The van der Waals surface area contributed by atoms with E-state index in [2.05, 4.69) is 4.72 Å². The van der Waals surface area contributed by atoms with Crippen LogP contribution < -0.4 is 4.72 Å². The van der Waals surface area contributed by atoms with Crippen LogP contribution in [0.2, 0.25) is 0 Å². The summed E-state index contributed by atoms with van der Waals surface area (Å²) in [6.07, 6.45) is 2.33. The number of likely N-dealkylation sites (tertiary alicyclic amines) is 1. The van der Waals surface area contributed by atoms with Gasteiger partial charge in [0, 0.05) is 37.2 Å². The third-order valence-electron chi connectivity index (χ3n) is 5.75. The quantitative estimate of drug-likeness (QED) is 0.754. The normalized spacial score (nSPS) is 23.2. The number of halogens is 3. The molecule has 1 aliphatic carbocycles. The molecule has 1 N–H and O–H groups in total. The van der Waals surface area contributed by atoms with Gasteiger partial charge in [-0.1, -0.05) is 24.3 Å². The molecule has 1 heterocycles. The minimum Gasteiger partial charge on any atom is -0.338 e. The number of carbonyl (C=O) groups excluding carboxylic acids is 1. The number of carbonyl (C=O) groups is 1. The van der Waals surface area contributed by atoms with Crippen molar-refractivity contribution in [3.63, 3.8) is 0 Å². The Balaban J connectivity index is 1.52. The molecule has 9 heteroatoms. The summed E-state index contributed by atoms with van der Waals surface area (Å²) in [5.74, 6) is -3.56. The minimum atomic E-state index is -3.34. The van der Waals surface area contributed by atoms with Gasteiger partial charge in [0.15, 0.2) is 0 Å². The molecule has 30 heavy (non-hydrogen) atoms. The number of rotatable bonds is 6. The van der Waals surface area contributed by atoms with E-state index in [4.69, 9.17) is 0 Å². The van der Waals surface area contributed by atoms with E-state index in [1.165, 1.54) is 0 Å². The maximum absolute atomic E-state index is 14.3. The van der Waals surface area contributed by atoms with Gasteiger partial charge < -0.3 is 4.90 Å².